The zero-order valence-electron chi connectivity index (χ0n) is 10.5. The van der Waals surface area contributed by atoms with Gasteiger partial charge in [-0.15, -0.1) is 0 Å². The predicted octanol–water partition coefficient (Wildman–Crippen LogP) is 1.16. The highest BCUT2D eigenvalue weighted by atomic mass is 16.5. The lowest BCUT2D eigenvalue weighted by Gasteiger charge is -2.21. The molecule has 1 heterocycles. The summed E-state index contributed by atoms with van der Waals surface area (Å²) in [5.41, 5.74) is 0. The number of rotatable bonds is 5. The van der Waals surface area contributed by atoms with Gasteiger partial charge in [-0.05, 0) is 20.8 Å². The summed E-state index contributed by atoms with van der Waals surface area (Å²) in [6.07, 6.45) is 0. The third-order valence-electron chi connectivity index (χ3n) is 2.21. The standard InChI is InChI=1S/C10H19N5O/c1-6-11-8-12-9(15(4)7(2)3)14-10(13-8)16-5/h7H,6H2,1-5H3,(H,11,12,13,14). The topological polar surface area (TPSA) is 63.2 Å². The van der Waals surface area contributed by atoms with Crippen LogP contribution in [0.5, 0.6) is 6.01 Å². The summed E-state index contributed by atoms with van der Waals surface area (Å²) < 4.78 is 5.04. The van der Waals surface area contributed by atoms with Crippen molar-refractivity contribution in [3.63, 3.8) is 0 Å². The van der Waals surface area contributed by atoms with Crippen LogP contribution in [0.15, 0.2) is 0 Å². The van der Waals surface area contributed by atoms with Crippen molar-refractivity contribution < 1.29 is 4.74 Å². The maximum atomic E-state index is 5.04. The molecule has 16 heavy (non-hydrogen) atoms. The van der Waals surface area contributed by atoms with Crippen molar-refractivity contribution in [3.05, 3.63) is 0 Å². The Balaban J connectivity index is 3.03. The Hall–Kier alpha value is -1.59. The van der Waals surface area contributed by atoms with Crippen LogP contribution in [-0.2, 0) is 0 Å². The summed E-state index contributed by atoms with van der Waals surface area (Å²) in [5, 5.41) is 3.05. The quantitative estimate of drug-likeness (QED) is 0.811. The van der Waals surface area contributed by atoms with E-state index in [0.29, 0.717) is 23.9 Å². The van der Waals surface area contributed by atoms with E-state index in [4.69, 9.17) is 4.74 Å². The zero-order valence-corrected chi connectivity index (χ0v) is 10.5. The third kappa shape index (κ3) is 2.95. The molecule has 0 aliphatic heterocycles. The summed E-state index contributed by atoms with van der Waals surface area (Å²) >= 11 is 0. The second kappa shape index (κ2) is 5.48. The largest absolute Gasteiger partial charge is 0.467 e. The molecular formula is C10H19N5O. The van der Waals surface area contributed by atoms with Crippen molar-refractivity contribution in [1.29, 1.82) is 0 Å². The van der Waals surface area contributed by atoms with Gasteiger partial charge in [0.25, 0.3) is 0 Å². The molecule has 0 atom stereocenters. The minimum Gasteiger partial charge on any atom is -0.467 e. The van der Waals surface area contributed by atoms with Crippen LogP contribution in [0.25, 0.3) is 0 Å². The highest BCUT2D eigenvalue weighted by molar-refractivity contribution is 5.38. The second-order valence-electron chi connectivity index (χ2n) is 3.68. The van der Waals surface area contributed by atoms with Gasteiger partial charge < -0.3 is 15.0 Å². The molecule has 1 aromatic heterocycles. The van der Waals surface area contributed by atoms with E-state index in [9.17, 15) is 0 Å². The van der Waals surface area contributed by atoms with Gasteiger partial charge in [0, 0.05) is 19.6 Å². The average molecular weight is 225 g/mol. The van der Waals surface area contributed by atoms with Crippen LogP contribution >= 0.6 is 0 Å². The first-order valence-electron chi connectivity index (χ1n) is 5.35. The Labute approximate surface area is 96.1 Å². The minimum atomic E-state index is 0.321. The Kier molecular flexibility index (Phi) is 4.28. The van der Waals surface area contributed by atoms with Crippen molar-refractivity contribution >= 4 is 11.9 Å². The van der Waals surface area contributed by atoms with Gasteiger partial charge in [0.05, 0.1) is 7.11 Å². The fraction of sp³-hybridized carbons (Fsp3) is 0.700. The van der Waals surface area contributed by atoms with Crippen molar-refractivity contribution in [1.82, 2.24) is 15.0 Å². The second-order valence-corrected chi connectivity index (χ2v) is 3.68. The molecule has 0 saturated heterocycles. The van der Waals surface area contributed by atoms with Crippen LogP contribution in [0, 0.1) is 0 Å². The van der Waals surface area contributed by atoms with Crippen molar-refractivity contribution in [2.45, 2.75) is 26.8 Å². The van der Waals surface area contributed by atoms with Crippen LogP contribution in [-0.4, -0.2) is 41.7 Å². The highest BCUT2D eigenvalue weighted by Gasteiger charge is 2.12. The predicted molar refractivity (Wildman–Crippen MR) is 64.1 cm³/mol. The number of anilines is 2. The SMILES string of the molecule is CCNc1nc(OC)nc(N(C)C(C)C)n1. The van der Waals surface area contributed by atoms with Gasteiger partial charge in [-0.3, -0.25) is 0 Å². The summed E-state index contributed by atoms with van der Waals surface area (Å²) in [6.45, 7) is 6.90. The summed E-state index contributed by atoms with van der Waals surface area (Å²) in [5.74, 6) is 1.15. The van der Waals surface area contributed by atoms with Crippen LogP contribution in [0.2, 0.25) is 0 Å². The van der Waals surface area contributed by atoms with Crippen LogP contribution in [0.3, 0.4) is 0 Å². The lowest BCUT2D eigenvalue weighted by Crippen LogP contribution is -2.28. The molecule has 90 valence electrons. The maximum absolute atomic E-state index is 5.04. The zero-order chi connectivity index (χ0) is 12.1. The number of nitrogens with one attached hydrogen (secondary N) is 1. The molecule has 0 unspecified atom stereocenters. The molecule has 0 amide bonds. The van der Waals surface area contributed by atoms with Crippen molar-refractivity contribution in [3.8, 4) is 6.01 Å². The summed E-state index contributed by atoms with van der Waals surface area (Å²) in [7, 11) is 3.49. The monoisotopic (exact) mass is 225 g/mol. The molecule has 1 rings (SSSR count). The number of ether oxygens (including phenoxy) is 1. The molecule has 1 N–H and O–H groups in total. The molecule has 0 aliphatic carbocycles. The lowest BCUT2D eigenvalue weighted by atomic mass is 10.4. The minimum absolute atomic E-state index is 0.321. The van der Waals surface area contributed by atoms with E-state index < -0.39 is 0 Å². The molecule has 0 bridgehead atoms. The Morgan fingerprint density at radius 1 is 1.31 bits per heavy atom. The first-order valence-corrected chi connectivity index (χ1v) is 5.35. The summed E-state index contributed by atoms with van der Waals surface area (Å²) in [6, 6.07) is 0.648. The molecule has 0 saturated carbocycles. The van der Waals surface area contributed by atoms with Gasteiger partial charge in [-0.25, -0.2) is 0 Å². The normalized spacial score (nSPS) is 10.4. The van der Waals surface area contributed by atoms with Gasteiger partial charge >= 0.3 is 6.01 Å². The highest BCUT2D eigenvalue weighted by Crippen LogP contribution is 2.15. The third-order valence-corrected chi connectivity index (χ3v) is 2.21. The van der Waals surface area contributed by atoms with E-state index in [2.05, 4.69) is 34.1 Å². The van der Waals surface area contributed by atoms with Crippen molar-refractivity contribution in [2.24, 2.45) is 0 Å². The number of hydrogen-bond acceptors (Lipinski definition) is 6. The molecular weight excluding hydrogens is 206 g/mol. The van der Waals surface area contributed by atoms with E-state index in [1.54, 1.807) is 7.11 Å². The number of aromatic nitrogens is 3. The van der Waals surface area contributed by atoms with E-state index in [-0.39, 0.29) is 0 Å². The molecule has 0 aliphatic rings. The number of methoxy groups -OCH3 is 1. The number of hydrogen-bond donors (Lipinski definition) is 1. The summed E-state index contributed by atoms with van der Waals surface area (Å²) in [4.78, 5) is 14.6. The van der Waals surface area contributed by atoms with Crippen LogP contribution in [0.1, 0.15) is 20.8 Å². The van der Waals surface area contributed by atoms with Crippen LogP contribution < -0.4 is 15.0 Å². The maximum Gasteiger partial charge on any atom is 0.322 e. The molecule has 0 spiro atoms. The molecule has 0 radical (unpaired) electrons. The van der Waals surface area contributed by atoms with Gasteiger partial charge in [-0.1, -0.05) is 0 Å². The Morgan fingerprint density at radius 3 is 2.50 bits per heavy atom. The van der Waals surface area contributed by atoms with Crippen molar-refractivity contribution in [2.75, 3.05) is 30.9 Å². The van der Waals surface area contributed by atoms with Gasteiger partial charge in [-0.2, -0.15) is 15.0 Å². The lowest BCUT2D eigenvalue weighted by molar-refractivity contribution is 0.378. The molecule has 6 nitrogen and oxygen atoms in total. The molecule has 6 heteroatoms. The fourth-order valence-corrected chi connectivity index (χ4v) is 1.06. The van der Waals surface area contributed by atoms with Gasteiger partial charge in [0.15, 0.2) is 0 Å². The number of nitrogens with zero attached hydrogens (tertiary/aromatic N) is 4. The molecule has 0 aromatic carbocycles. The molecule has 0 fully saturated rings. The average Bonchev–Trinajstić information content (AvgIpc) is 2.27. The first-order chi connectivity index (χ1) is 7.58. The van der Waals surface area contributed by atoms with E-state index in [1.165, 1.54) is 0 Å². The van der Waals surface area contributed by atoms with Gasteiger partial charge in [0.1, 0.15) is 0 Å². The molecule has 1 aromatic rings. The van der Waals surface area contributed by atoms with E-state index >= 15 is 0 Å². The van der Waals surface area contributed by atoms with E-state index in [1.807, 2.05) is 18.9 Å². The van der Waals surface area contributed by atoms with Gasteiger partial charge in [0.2, 0.25) is 11.9 Å². The van der Waals surface area contributed by atoms with Crippen LogP contribution in [0.4, 0.5) is 11.9 Å². The fourth-order valence-electron chi connectivity index (χ4n) is 1.06. The smallest absolute Gasteiger partial charge is 0.322 e. The Morgan fingerprint density at radius 2 is 2.00 bits per heavy atom. The Bertz CT molecular complexity index is 342. The van der Waals surface area contributed by atoms with E-state index in [0.717, 1.165) is 6.54 Å². The first kappa shape index (κ1) is 12.5.